The highest BCUT2D eigenvalue weighted by molar-refractivity contribution is 5.97. The molecule has 0 bridgehead atoms. The number of nitrogens with zero attached hydrogens (tertiary/aromatic N) is 4. The van der Waals surface area contributed by atoms with E-state index in [1.807, 2.05) is 102 Å². The zero-order valence-electron chi connectivity index (χ0n) is 23.9. The summed E-state index contributed by atoms with van der Waals surface area (Å²) in [7, 11) is 0. The van der Waals surface area contributed by atoms with Crippen LogP contribution >= 0.6 is 0 Å². The van der Waals surface area contributed by atoms with Gasteiger partial charge in [0.25, 0.3) is 11.8 Å². The minimum absolute atomic E-state index is 0.0322. The highest BCUT2D eigenvalue weighted by Crippen LogP contribution is 2.28. The maximum Gasteiger partial charge on any atom is 0.257 e. The molecule has 214 valence electrons. The van der Waals surface area contributed by atoms with Crippen LogP contribution < -0.4 is 0 Å². The zero-order chi connectivity index (χ0) is 29.1. The van der Waals surface area contributed by atoms with Crippen molar-refractivity contribution in [2.75, 3.05) is 39.3 Å². The van der Waals surface area contributed by atoms with Crippen LogP contribution in [0.3, 0.4) is 0 Å². The lowest BCUT2D eigenvalue weighted by atomic mass is 10.0. The molecule has 0 atom stereocenters. The molecule has 2 amide bonds. The Kier molecular flexibility index (Phi) is 8.02. The van der Waals surface area contributed by atoms with Gasteiger partial charge in [0, 0.05) is 62.0 Å². The lowest BCUT2D eigenvalue weighted by Crippen LogP contribution is -2.54. The summed E-state index contributed by atoms with van der Waals surface area (Å²) in [4.78, 5) is 38.0. The number of piperidine rings is 1. The van der Waals surface area contributed by atoms with Crippen LogP contribution in [0.15, 0.2) is 91.0 Å². The number of benzene rings is 3. The molecule has 7 heteroatoms. The summed E-state index contributed by atoms with van der Waals surface area (Å²) >= 11 is 0. The predicted molar refractivity (Wildman–Crippen MR) is 164 cm³/mol. The van der Waals surface area contributed by atoms with Crippen LogP contribution in [0.2, 0.25) is 0 Å². The van der Waals surface area contributed by atoms with E-state index in [-0.39, 0.29) is 17.6 Å². The standard InChI is InChI=1S/C35H36N4O3/c1-25-9-8-14-30(33(25)40)35(42)38-17-15-29(16-18-38)37-19-21-39(22-20-37)34(41)28-23-31(26-10-4-2-5-11-26)36-32(24-28)27-12-6-3-7-13-27/h2-14,23-24,29,40H,15-22H2,1H3. The Bertz CT molecular complexity index is 1500. The first-order valence-electron chi connectivity index (χ1n) is 14.7. The van der Waals surface area contributed by atoms with Gasteiger partial charge in [-0.1, -0.05) is 72.8 Å². The van der Waals surface area contributed by atoms with E-state index in [4.69, 9.17) is 4.98 Å². The van der Waals surface area contributed by atoms with Crippen LogP contribution in [0.25, 0.3) is 22.5 Å². The first-order valence-corrected chi connectivity index (χ1v) is 14.7. The van der Waals surface area contributed by atoms with Crippen molar-refractivity contribution in [3.63, 3.8) is 0 Å². The molecule has 2 saturated heterocycles. The number of likely N-dealkylation sites (tertiary alicyclic amines) is 1. The van der Waals surface area contributed by atoms with Gasteiger partial charge in [-0.2, -0.15) is 0 Å². The molecule has 1 aromatic heterocycles. The van der Waals surface area contributed by atoms with Crippen molar-refractivity contribution in [3.05, 3.63) is 108 Å². The fourth-order valence-corrected chi connectivity index (χ4v) is 6.08. The number of carbonyl (C=O) groups is 2. The molecular formula is C35H36N4O3. The summed E-state index contributed by atoms with van der Waals surface area (Å²) in [6, 6.07) is 29.5. The third-order valence-corrected chi connectivity index (χ3v) is 8.55. The van der Waals surface area contributed by atoms with Gasteiger partial charge in [0.2, 0.25) is 0 Å². The zero-order valence-corrected chi connectivity index (χ0v) is 23.9. The fraction of sp³-hybridized carbons (Fsp3) is 0.286. The maximum atomic E-state index is 13.8. The molecule has 42 heavy (non-hydrogen) atoms. The summed E-state index contributed by atoms with van der Waals surface area (Å²) in [6.45, 7) is 6.09. The quantitative estimate of drug-likeness (QED) is 0.349. The normalized spacial score (nSPS) is 16.4. The lowest BCUT2D eigenvalue weighted by Gasteiger charge is -2.42. The Balaban J connectivity index is 1.10. The Morgan fingerprint density at radius 2 is 1.24 bits per heavy atom. The predicted octanol–water partition coefficient (Wildman–Crippen LogP) is 5.49. The van der Waals surface area contributed by atoms with Crippen molar-refractivity contribution in [1.29, 1.82) is 0 Å². The van der Waals surface area contributed by atoms with Crippen LogP contribution in [0.5, 0.6) is 5.75 Å². The van der Waals surface area contributed by atoms with E-state index in [0.717, 1.165) is 48.4 Å². The van der Waals surface area contributed by atoms with E-state index in [1.165, 1.54) is 0 Å². The number of aromatic hydroxyl groups is 1. The van der Waals surface area contributed by atoms with Crippen LogP contribution in [0, 0.1) is 6.92 Å². The lowest BCUT2D eigenvalue weighted by molar-refractivity contribution is 0.0411. The monoisotopic (exact) mass is 560 g/mol. The average molecular weight is 561 g/mol. The van der Waals surface area contributed by atoms with Gasteiger partial charge in [0.15, 0.2) is 0 Å². The number of aromatic nitrogens is 1. The first kappa shape index (κ1) is 27.7. The number of carbonyl (C=O) groups excluding carboxylic acids is 2. The van der Waals surface area contributed by atoms with Crippen molar-refractivity contribution in [3.8, 4) is 28.3 Å². The summed E-state index contributed by atoms with van der Waals surface area (Å²) in [5, 5.41) is 10.4. The van der Waals surface area contributed by atoms with Gasteiger partial charge in [-0.25, -0.2) is 4.98 Å². The molecule has 1 N–H and O–H groups in total. The third-order valence-electron chi connectivity index (χ3n) is 8.55. The largest absolute Gasteiger partial charge is 0.507 e. The van der Waals surface area contributed by atoms with Crippen LogP contribution in [-0.4, -0.2) is 81.9 Å². The number of rotatable bonds is 5. The van der Waals surface area contributed by atoms with E-state index in [9.17, 15) is 14.7 Å². The number of amides is 2. The second-order valence-corrected chi connectivity index (χ2v) is 11.2. The number of aryl methyl sites for hydroxylation is 1. The van der Waals surface area contributed by atoms with Crippen molar-refractivity contribution in [1.82, 2.24) is 19.7 Å². The van der Waals surface area contributed by atoms with Gasteiger partial charge in [-0.15, -0.1) is 0 Å². The molecule has 0 saturated carbocycles. The fourth-order valence-electron chi connectivity index (χ4n) is 6.08. The van der Waals surface area contributed by atoms with Crippen molar-refractivity contribution in [2.24, 2.45) is 0 Å². The molecule has 2 aliphatic rings. The SMILES string of the molecule is Cc1cccc(C(=O)N2CCC(N3CCN(C(=O)c4cc(-c5ccccc5)nc(-c5ccccc5)c4)CC3)CC2)c1O. The van der Waals surface area contributed by atoms with Gasteiger partial charge < -0.3 is 14.9 Å². The number of phenolic OH excluding ortho intramolecular Hbond substituents is 1. The molecule has 2 aliphatic heterocycles. The Morgan fingerprint density at radius 1 is 0.690 bits per heavy atom. The number of hydrogen-bond acceptors (Lipinski definition) is 5. The molecule has 7 nitrogen and oxygen atoms in total. The summed E-state index contributed by atoms with van der Waals surface area (Å²) in [5.41, 5.74) is 5.29. The molecule has 0 aliphatic carbocycles. The van der Waals surface area contributed by atoms with E-state index in [0.29, 0.717) is 48.9 Å². The number of piperazine rings is 1. The average Bonchev–Trinajstić information content (AvgIpc) is 3.06. The second-order valence-electron chi connectivity index (χ2n) is 11.2. The minimum Gasteiger partial charge on any atom is -0.507 e. The summed E-state index contributed by atoms with van der Waals surface area (Å²) in [6.07, 6.45) is 1.77. The van der Waals surface area contributed by atoms with Gasteiger partial charge in [-0.05, 0) is 43.5 Å². The highest BCUT2D eigenvalue weighted by atomic mass is 16.3. The number of phenols is 1. The third kappa shape index (κ3) is 5.78. The van der Waals surface area contributed by atoms with E-state index in [2.05, 4.69) is 4.90 Å². The highest BCUT2D eigenvalue weighted by Gasteiger charge is 2.31. The van der Waals surface area contributed by atoms with Gasteiger partial charge >= 0.3 is 0 Å². The molecule has 3 heterocycles. The second kappa shape index (κ2) is 12.2. The van der Waals surface area contributed by atoms with E-state index in [1.54, 1.807) is 6.07 Å². The topological polar surface area (TPSA) is 77.0 Å². The molecule has 4 aromatic rings. The number of hydrogen-bond donors (Lipinski definition) is 1. The van der Waals surface area contributed by atoms with E-state index >= 15 is 0 Å². The molecule has 3 aromatic carbocycles. The van der Waals surface area contributed by atoms with Crippen LogP contribution in [0.4, 0.5) is 0 Å². The molecule has 0 unspecified atom stereocenters. The van der Waals surface area contributed by atoms with Crippen molar-refractivity contribution < 1.29 is 14.7 Å². The molecule has 0 spiro atoms. The van der Waals surface area contributed by atoms with E-state index < -0.39 is 0 Å². The minimum atomic E-state index is -0.104. The maximum absolute atomic E-state index is 13.8. The van der Waals surface area contributed by atoms with Gasteiger partial charge in [-0.3, -0.25) is 14.5 Å². The Labute approximate surface area is 247 Å². The summed E-state index contributed by atoms with van der Waals surface area (Å²) in [5.74, 6) is 0.00309. The first-order chi connectivity index (χ1) is 20.5. The van der Waals surface area contributed by atoms with Gasteiger partial charge in [0.05, 0.1) is 17.0 Å². The van der Waals surface area contributed by atoms with Gasteiger partial charge in [0.1, 0.15) is 5.75 Å². The van der Waals surface area contributed by atoms with Crippen molar-refractivity contribution >= 4 is 11.8 Å². The Hall–Kier alpha value is -4.49. The molecule has 0 radical (unpaired) electrons. The van der Waals surface area contributed by atoms with Crippen LogP contribution in [-0.2, 0) is 0 Å². The summed E-state index contributed by atoms with van der Waals surface area (Å²) < 4.78 is 0. The van der Waals surface area contributed by atoms with Crippen LogP contribution in [0.1, 0.15) is 39.1 Å². The molecular weight excluding hydrogens is 524 g/mol. The number of pyridine rings is 1. The smallest absolute Gasteiger partial charge is 0.257 e. The number of para-hydroxylation sites is 1. The Morgan fingerprint density at radius 3 is 1.81 bits per heavy atom. The molecule has 2 fully saturated rings. The van der Waals surface area contributed by atoms with Crippen molar-refractivity contribution in [2.45, 2.75) is 25.8 Å². The molecule has 6 rings (SSSR count).